The van der Waals surface area contributed by atoms with E-state index in [9.17, 15) is 0 Å². The molecule has 0 amide bonds. The summed E-state index contributed by atoms with van der Waals surface area (Å²) in [7, 11) is 1.68. The van der Waals surface area contributed by atoms with Crippen LogP contribution in [0.15, 0.2) is 48.8 Å². The molecule has 0 bridgehead atoms. The minimum absolute atomic E-state index is 0.423. The van der Waals surface area contributed by atoms with E-state index >= 15 is 0 Å². The van der Waals surface area contributed by atoms with Crippen LogP contribution >= 0.6 is 0 Å². The molecule has 1 unspecified atom stereocenters. The van der Waals surface area contributed by atoms with Gasteiger partial charge in [-0.2, -0.15) is 0 Å². The molecule has 2 rings (SSSR count). The minimum Gasteiger partial charge on any atom is -0.497 e. The first-order valence-corrected chi connectivity index (χ1v) is 6.56. The van der Waals surface area contributed by atoms with E-state index in [-0.39, 0.29) is 0 Å². The topological polar surface area (TPSA) is 48.1 Å². The molecular formula is C16H20N2O. The fraction of sp³-hybridized carbons (Fsp3) is 0.312. The van der Waals surface area contributed by atoms with Gasteiger partial charge in [-0.1, -0.05) is 18.2 Å². The van der Waals surface area contributed by atoms with E-state index in [2.05, 4.69) is 23.2 Å². The van der Waals surface area contributed by atoms with Crippen molar-refractivity contribution in [3.63, 3.8) is 0 Å². The summed E-state index contributed by atoms with van der Waals surface area (Å²) in [6.45, 7) is 0.690. The van der Waals surface area contributed by atoms with Crippen LogP contribution in [0.4, 0.5) is 0 Å². The van der Waals surface area contributed by atoms with Crippen molar-refractivity contribution in [2.24, 2.45) is 5.73 Å². The summed E-state index contributed by atoms with van der Waals surface area (Å²) in [5.41, 5.74) is 8.27. The third kappa shape index (κ3) is 3.80. The second-order valence-electron chi connectivity index (χ2n) is 4.61. The maximum atomic E-state index is 5.73. The number of pyridine rings is 1. The third-order valence-corrected chi connectivity index (χ3v) is 3.31. The lowest BCUT2D eigenvalue weighted by Gasteiger charge is -2.16. The number of ether oxygens (including phenoxy) is 1. The molecule has 0 saturated heterocycles. The zero-order valence-electron chi connectivity index (χ0n) is 11.3. The first-order valence-electron chi connectivity index (χ1n) is 6.56. The summed E-state index contributed by atoms with van der Waals surface area (Å²) in [4.78, 5) is 4.20. The van der Waals surface area contributed by atoms with Crippen LogP contribution in [0, 0.1) is 0 Å². The van der Waals surface area contributed by atoms with E-state index in [0.717, 1.165) is 18.6 Å². The van der Waals surface area contributed by atoms with E-state index in [4.69, 9.17) is 10.5 Å². The van der Waals surface area contributed by atoms with Crippen molar-refractivity contribution in [1.82, 2.24) is 4.98 Å². The molecule has 0 aliphatic carbocycles. The number of nitrogens with two attached hydrogens (primary N) is 1. The highest BCUT2D eigenvalue weighted by molar-refractivity contribution is 5.29. The first kappa shape index (κ1) is 13.6. The fourth-order valence-corrected chi connectivity index (χ4v) is 2.25. The molecule has 1 aromatic carbocycles. The van der Waals surface area contributed by atoms with Crippen molar-refractivity contribution in [3.05, 3.63) is 59.9 Å². The molecule has 1 aromatic heterocycles. The minimum atomic E-state index is 0.423. The number of rotatable bonds is 6. The molecule has 0 radical (unpaired) electrons. The van der Waals surface area contributed by atoms with Gasteiger partial charge in [0, 0.05) is 12.4 Å². The van der Waals surface area contributed by atoms with E-state index < -0.39 is 0 Å². The monoisotopic (exact) mass is 256 g/mol. The number of benzene rings is 1. The zero-order valence-corrected chi connectivity index (χ0v) is 11.3. The highest BCUT2D eigenvalue weighted by Crippen LogP contribution is 2.24. The molecule has 3 nitrogen and oxygen atoms in total. The number of aromatic nitrogens is 1. The van der Waals surface area contributed by atoms with Gasteiger partial charge < -0.3 is 10.5 Å². The van der Waals surface area contributed by atoms with E-state index in [1.54, 1.807) is 13.3 Å². The van der Waals surface area contributed by atoms with Crippen LogP contribution < -0.4 is 10.5 Å². The van der Waals surface area contributed by atoms with Gasteiger partial charge in [-0.25, -0.2) is 0 Å². The summed E-state index contributed by atoms with van der Waals surface area (Å²) in [5.74, 6) is 1.31. The molecule has 19 heavy (non-hydrogen) atoms. The van der Waals surface area contributed by atoms with Crippen LogP contribution in [-0.2, 0) is 6.42 Å². The molecule has 0 fully saturated rings. The zero-order chi connectivity index (χ0) is 13.5. The number of hydrogen-bond acceptors (Lipinski definition) is 3. The Balaban J connectivity index is 2.11. The Kier molecular flexibility index (Phi) is 4.93. The first-order chi connectivity index (χ1) is 9.33. The second-order valence-corrected chi connectivity index (χ2v) is 4.61. The van der Waals surface area contributed by atoms with Gasteiger partial charge in [0.2, 0.25) is 0 Å². The lowest BCUT2D eigenvalue weighted by molar-refractivity contribution is 0.414. The van der Waals surface area contributed by atoms with Crippen LogP contribution in [0.2, 0.25) is 0 Å². The Labute approximate surface area is 114 Å². The van der Waals surface area contributed by atoms with Gasteiger partial charge in [-0.3, -0.25) is 4.98 Å². The van der Waals surface area contributed by atoms with Gasteiger partial charge in [-0.15, -0.1) is 0 Å². The number of hydrogen-bond donors (Lipinski definition) is 1. The SMILES string of the molecule is COc1ccc(CC(CCN)c2cccnc2)cc1. The molecule has 0 aliphatic rings. The van der Waals surface area contributed by atoms with Crippen molar-refractivity contribution in [3.8, 4) is 5.75 Å². The summed E-state index contributed by atoms with van der Waals surface area (Å²) >= 11 is 0. The molecule has 2 N–H and O–H groups in total. The Morgan fingerprint density at radius 1 is 1.21 bits per heavy atom. The highest BCUT2D eigenvalue weighted by atomic mass is 16.5. The lowest BCUT2D eigenvalue weighted by Crippen LogP contribution is -2.10. The summed E-state index contributed by atoms with van der Waals surface area (Å²) in [5, 5.41) is 0. The van der Waals surface area contributed by atoms with Crippen molar-refractivity contribution in [2.45, 2.75) is 18.8 Å². The number of nitrogens with zero attached hydrogens (tertiary/aromatic N) is 1. The Hall–Kier alpha value is -1.87. The fourth-order valence-electron chi connectivity index (χ4n) is 2.25. The standard InChI is InChI=1S/C16H20N2O/c1-19-16-6-4-13(5-7-16)11-14(8-9-17)15-3-2-10-18-12-15/h2-7,10,12,14H,8-9,11,17H2,1H3. The van der Waals surface area contributed by atoms with Crippen molar-refractivity contribution < 1.29 is 4.74 Å². The molecule has 100 valence electrons. The van der Waals surface area contributed by atoms with Gasteiger partial charge in [0.15, 0.2) is 0 Å². The van der Waals surface area contributed by atoms with Gasteiger partial charge in [0.1, 0.15) is 5.75 Å². The van der Waals surface area contributed by atoms with Gasteiger partial charge >= 0.3 is 0 Å². The van der Waals surface area contributed by atoms with Gasteiger partial charge in [0.25, 0.3) is 0 Å². The predicted octanol–water partition coefficient (Wildman–Crippen LogP) is 2.77. The van der Waals surface area contributed by atoms with Crippen molar-refractivity contribution in [2.75, 3.05) is 13.7 Å². The van der Waals surface area contributed by atoms with Crippen molar-refractivity contribution in [1.29, 1.82) is 0 Å². The molecule has 0 spiro atoms. The average molecular weight is 256 g/mol. The van der Waals surface area contributed by atoms with Gasteiger partial charge in [-0.05, 0) is 54.6 Å². The Morgan fingerprint density at radius 3 is 2.58 bits per heavy atom. The molecule has 3 heteroatoms. The normalized spacial score (nSPS) is 12.1. The average Bonchev–Trinajstić information content (AvgIpc) is 2.48. The largest absolute Gasteiger partial charge is 0.497 e. The van der Waals surface area contributed by atoms with E-state index in [1.807, 2.05) is 24.4 Å². The molecule has 0 aliphatic heterocycles. The Bertz CT molecular complexity index is 482. The summed E-state index contributed by atoms with van der Waals surface area (Å²) < 4.78 is 5.18. The van der Waals surface area contributed by atoms with Crippen LogP contribution in [0.5, 0.6) is 5.75 Å². The van der Waals surface area contributed by atoms with Crippen LogP contribution in [0.3, 0.4) is 0 Å². The quantitative estimate of drug-likeness (QED) is 0.864. The third-order valence-electron chi connectivity index (χ3n) is 3.31. The van der Waals surface area contributed by atoms with Crippen molar-refractivity contribution >= 4 is 0 Å². The summed E-state index contributed by atoms with van der Waals surface area (Å²) in [6.07, 6.45) is 5.69. The molecule has 2 aromatic rings. The van der Waals surface area contributed by atoms with E-state index in [1.165, 1.54) is 11.1 Å². The highest BCUT2D eigenvalue weighted by Gasteiger charge is 2.11. The van der Waals surface area contributed by atoms with Gasteiger partial charge in [0.05, 0.1) is 7.11 Å². The number of methoxy groups -OCH3 is 1. The molecule has 0 saturated carbocycles. The second kappa shape index (κ2) is 6.90. The maximum Gasteiger partial charge on any atom is 0.118 e. The van der Waals surface area contributed by atoms with Crippen LogP contribution in [-0.4, -0.2) is 18.6 Å². The molecule has 1 heterocycles. The lowest BCUT2D eigenvalue weighted by atomic mass is 9.90. The smallest absolute Gasteiger partial charge is 0.118 e. The van der Waals surface area contributed by atoms with Crippen LogP contribution in [0.25, 0.3) is 0 Å². The Morgan fingerprint density at radius 2 is 2.00 bits per heavy atom. The predicted molar refractivity (Wildman–Crippen MR) is 77.3 cm³/mol. The maximum absolute atomic E-state index is 5.73. The van der Waals surface area contributed by atoms with E-state index in [0.29, 0.717) is 12.5 Å². The molecular weight excluding hydrogens is 236 g/mol. The van der Waals surface area contributed by atoms with Crippen LogP contribution in [0.1, 0.15) is 23.5 Å². The summed E-state index contributed by atoms with van der Waals surface area (Å²) in [6, 6.07) is 12.3. The molecule has 1 atom stereocenters.